The van der Waals surface area contributed by atoms with E-state index in [-0.39, 0.29) is 12.2 Å². The summed E-state index contributed by atoms with van der Waals surface area (Å²) < 4.78 is 5.27. The Morgan fingerprint density at radius 2 is 2.12 bits per heavy atom. The average molecular weight is 363 g/mol. The molecule has 2 amide bonds. The Morgan fingerprint density at radius 3 is 2.77 bits per heavy atom. The summed E-state index contributed by atoms with van der Waals surface area (Å²) in [6.07, 6.45) is 2.63. The maximum atomic E-state index is 12.5. The first-order valence-corrected chi connectivity index (χ1v) is 8.27. The number of carbonyl (C=O) groups excluding carboxylic acids is 2. The van der Waals surface area contributed by atoms with E-state index in [1.165, 1.54) is 6.07 Å². The molecule has 0 radical (unpaired) electrons. The van der Waals surface area contributed by atoms with E-state index in [2.05, 4.69) is 10.6 Å². The molecule has 1 heterocycles. The van der Waals surface area contributed by atoms with Gasteiger partial charge in [-0.05, 0) is 25.0 Å². The Labute approximate surface area is 150 Å². The average Bonchev–Trinajstić information content (AvgIpc) is 2.58. The highest BCUT2D eigenvalue weighted by atomic mass is 16.6. The molecule has 140 valence electrons. The zero-order valence-electron chi connectivity index (χ0n) is 14.6. The number of aromatic hydroxyl groups is 1. The first kappa shape index (κ1) is 19.2. The van der Waals surface area contributed by atoms with Gasteiger partial charge < -0.3 is 20.5 Å². The maximum absolute atomic E-state index is 12.5. The summed E-state index contributed by atoms with van der Waals surface area (Å²) in [6, 6.07) is 2.24. The number of nitrogens with zero attached hydrogens (tertiary/aromatic N) is 1. The topological polar surface area (TPSA) is 131 Å². The number of esters is 1. The van der Waals surface area contributed by atoms with Crippen molar-refractivity contribution in [2.24, 2.45) is 0 Å². The SMILES string of the molecule is CCCCCOC(=O)C1=C(C)NC(=O)N[C@H]1c1ccc(O)c([N+](=O)[O-])c1. The molecule has 9 nitrogen and oxygen atoms in total. The van der Waals surface area contributed by atoms with Crippen LogP contribution in [0.1, 0.15) is 44.7 Å². The van der Waals surface area contributed by atoms with E-state index in [1.807, 2.05) is 6.92 Å². The molecule has 3 N–H and O–H groups in total. The summed E-state index contributed by atoms with van der Waals surface area (Å²) in [6.45, 7) is 3.84. The lowest BCUT2D eigenvalue weighted by Crippen LogP contribution is -2.45. The van der Waals surface area contributed by atoms with Gasteiger partial charge in [-0.3, -0.25) is 10.1 Å². The fourth-order valence-electron chi connectivity index (χ4n) is 2.68. The standard InChI is InChI=1S/C17H21N3O6/c1-3-4-5-8-26-16(22)14-10(2)18-17(23)19-15(14)11-6-7-13(21)12(9-11)20(24)25/h6-7,9,15,21H,3-5,8H2,1-2H3,(H2,18,19,23)/t15-/m0/s1. The number of nitrogens with one attached hydrogen (secondary N) is 2. The molecule has 1 aromatic carbocycles. The van der Waals surface area contributed by atoms with Crippen molar-refractivity contribution in [1.29, 1.82) is 0 Å². The van der Waals surface area contributed by atoms with E-state index >= 15 is 0 Å². The summed E-state index contributed by atoms with van der Waals surface area (Å²) in [5, 5.41) is 25.7. The van der Waals surface area contributed by atoms with E-state index < -0.39 is 34.4 Å². The van der Waals surface area contributed by atoms with Crippen LogP contribution in [0.15, 0.2) is 29.5 Å². The number of phenols is 1. The van der Waals surface area contributed by atoms with E-state index in [1.54, 1.807) is 6.92 Å². The molecule has 0 unspecified atom stereocenters. The Bertz CT molecular complexity index is 759. The first-order chi connectivity index (χ1) is 12.3. The Balaban J connectivity index is 2.33. The lowest BCUT2D eigenvalue weighted by atomic mass is 9.95. The Hall–Kier alpha value is -3.10. The Kier molecular flexibility index (Phi) is 6.16. The van der Waals surface area contributed by atoms with Crippen LogP contribution in [-0.4, -0.2) is 28.6 Å². The molecule has 0 bridgehead atoms. The molecule has 1 aliphatic heterocycles. The second-order valence-electron chi connectivity index (χ2n) is 5.92. The lowest BCUT2D eigenvalue weighted by Gasteiger charge is -2.28. The number of urea groups is 1. The largest absolute Gasteiger partial charge is 0.502 e. The van der Waals surface area contributed by atoms with Crippen LogP contribution < -0.4 is 10.6 Å². The molecule has 0 fully saturated rings. The lowest BCUT2D eigenvalue weighted by molar-refractivity contribution is -0.385. The van der Waals surface area contributed by atoms with Gasteiger partial charge in [-0.15, -0.1) is 0 Å². The number of unbranched alkanes of at least 4 members (excludes halogenated alkanes) is 2. The number of amides is 2. The first-order valence-electron chi connectivity index (χ1n) is 8.27. The zero-order valence-corrected chi connectivity index (χ0v) is 14.6. The molecule has 0 aliphatic carbocycles. The monoisotopic (exact) mass is 363 g/mol. The van der Waals surface area contributed by atoms with Crippen molar-refractivity contribution >= 4 is 17.7 Å². The maximum Gasteiger partial charge on any atom is 0.338 e. The minimum Gasteiger partial charge on any atom is -0.502 e. The van der Waals surface area contributed by atoms with Crippen LogP contribution >= 0.6 is 0 Å². The number of benzene rings is 1. The number of nitro groups is 1. The number of rotatable bonds is 7. The van der Waals surface area contributed by atoms with Crippen molar-refractivity contribution < 1.29 is 24.4 Å². The van der Waals surface area contributed by atoms with Crippen molar-refractivity contribution in [2.45, 2.75) is 39.2 Å². The summed E-state index contributed by atoms with van der Waals surface area (Å²) in [7, 11) is 0. The minimum atomic E-state index is -0.915. The summed E-state index contributed by atoms with van der Waals surface area (Å²) in [5.74, 6) is -1.10. The van der Waals surface area contributed by atoms with Crippen LogP contribution in [0, 0.1) is 10.1 Å². The van der Waals surface area contributed by atoms with E-state index in [9.17, 15) is 24.8 Å². The van der Waals surface area contributed by atoms with Crippen molar-refractivity contribution in [3.63, 3.8) is 0 Å². The van der Waals surface area contributed by atoms with Gasteiger partial charge in [-0.1, -0.05) is 25.8 Å². The van der Waals surface area contributed by atoms with Crippen LogP contribution in [0.25, 0.3) is 0 Å². The highest BCUT2D eigenvalue weighted by Crippen LogP contribution is 2.33. The van der Waals surface area contributed by atoms with Crippen LogP contribution in [0.5, 0.6) is 5.75 Å². The minimum absolute atomic E-state index is 0.168. The molecule has 2 rings (SSSR count). The van der Waals surface area contributed by atoms with Gasteiger partial charge in [0, 0.05) is 11.8 Å². The number of carbonyl (C=O) groups is 2. The van der Waals surface area contributed by atoms with E-state index in [4.69, 9.17) is 4.74 Å². The van der Waals surface area contributed by atoms with Crippen molar-refractivity contribution in [3.8, 4) is 5.75 Å². The van der Waals surface area contributed by atoms with Crippen LogP contribution in [0.4, 0.5) is 10.5 Å². The van der Waals surface area contributed by atoms with Crippen molar-refractivity contribution in [3.05, 3.63) is 45.1 Å². The smallest absolute Gasteiger partial charge is 0.338 e. The zero-order chi connectivity index (χ0) is 19.3. The summed E-state index contributed by atoms with van der Waals surface area (Å²) in [5.41, 5.74) is 0.267. The molecule has 0 aromatic heterocycles. The molecular formula is C17H21N3O6. The van der Waals surface area contributed by atoms with Gasteiger partial charge in [-0.2, -0.15) is 0 Å². The van der Waals surface area contributed by atoms with Gasteiger partial charge in [0.25, 0.3) is 0 Å². The second kappa shape index (κ2) is 8.32. The molecule has 9 heteroatoms. The van der Waals surface area contributed by atoms with Gasteiger partial charge in [0.2, 0.25) is 0 Å². The molecule has 0 spiro atoms. The highest BCUT2D eigenvalue weighted by Gasteiger charge is 2.33. The normalized spacial score (nSPS) is 16.7. The van der Waals surface area contributed by atoms with Gasteiger partial charge in [0.05, 0.1) is 23.1 Å². The third-order valence-corrected chi connectivity index (χ3v) is 4.00. The number of hydrogen-bond acceptors (Lipinski definition) is 6. The number of hydrogen-bond donors (Lipinski definition) is 3. The molecule has 0 saturated carbocycles. The predicted molar refractivity (Wildman–Crippen MR) is 92.4 cm³/mol. The summed E-state index contributed by atoms with van der Waals surface area (Å²) in [4.78, 5) is 34.6. The summed E-state index contributed by atoms with van der Waals surface area (Å²) >= 11 is 0. The molecule has 1 atom stereocenters. The molecule has 0 saturated heterocycles. The van der Waals surface area contributed by atoms with Crippen LogP contribution in [-0.2, 0) is 9.53 Å². The number of allylic oxidation sites excluding steroid dienone is 1. The second-order valence-corrected chi connectivity index (χ2v) is 5.92. The highest BCUT2D eigenvalue weighted by molar-refractivity contribution is 5.95. The van der Waals surface area contributed by atoms with Crippen molar-refractivity contribution in [2.75, 3.05) is 6.61 Å². The predicted octanol–water partition coefficient (Wildman–Crippen LogP) is 2.66. The van der Waals surface area contributed by atoms with Crippen LogP contribution in [0.3, 0.4) is 0 Å². The fraction of sp³-hybridized carbons (Fsp3) is 0.412. The number of ether oxygens (including phenoxy) is 1. The number of phenolic OH excluding ortho intramolecular Hbond substituents is 1. The van der Waals surface area contributed by atoms with Gasteiger partial charge in [0.1, 0.15) is 0 Å². The van der Waals surface area contributed by atoms with E-state index in [0.717, 1.165) is 31.4 Å². The van der Waals surface area contributed by atoms with Gasteiger partial charge in [0.15, 0.2) is 5.75 Å². The molecular weight excluding hydrogens is 342 g/mol. The fourth-order valence-corrected chi connectivity index (χ4v) is 2.68. The Morgan fingerprint density at radius 1 is 1.38 bits per heavy atom. The third kappa shape index (κ3) is 4.29. The van der Waals surface area contributed by atoms with Crippen molar-refractivity contribution in [1.82, 2.24) is 10.6 Å². The quantitative estimate of drug-likeness (QED) is 0.295. The third-order valence-electron chi connectivity index (χ3n) is 4.00. The molecule has 26 heavy (non-hydrogen) atoms. The number of nitro benzene ring substituents is 1. The molecule has 1 aliphatic rings. The van der Waals surface area contributed by atoms with Crippen LogP contribution in [0.2, 0.25) is 0 Å². The van der Waals surface area contributed by atoms with Gasteiger partial charge >= 0.3 is 17.7 Å². The molecule has 1 aromatic rings. The van der Waals surface area contributed by atoms with E-state index in [0.29, 0.717) is 11.3 Å². The van der Waals surface area contributed by atoms with Gasteiger partial charge in [-0.25, -0.2) is 9.59 Å².